The molecule has 4 nitrogen and oxygen atoms in total. The summed E-state index contributed by atoms with van der Waals surface area (Å²) in [5.74, 6) is 0.748. The van der Waals surface area contributed by atoms with Gasteiger partial charge in [-0.15, -0.1) is 0 Å². The summed E-state index contributed by atoms with van der Waals surface area (Å²) in [5, 5.41) is 0.581. The third kappa shape index (κ3) is 2.03. The van der Waals surface area contributed by atoms with Crippen LogP contribution in [0.15, 0.2) is 39.8 Å². The SMILES string of the molecule is Cc1ccc(Cn2cnc3oc(C)c(C)c3c2=O)cc1. The number of hydrogen-bond acceptors (Lipinski definition) is 3. The smallest absolute Gasteiger partial charge is 0.265 e. The van der Waals surface area contributed by atoms with E-state index >= 15 is 0 Å². The van der Waals surface area contributed by atoms with Gasteiger partial charge in [-0.3, -0.25) is 9.36 Å². The Labute approximate surface area is 116 Å². The molecule has 0 amide bonds. The third-order valence-corrected chi connectivity index (χ3v) is 3.63. The molecule has 0 bridgehead atoms. The Morgan fingerprint density at radius 1 is 1.15 bits per heavy atom. The van der Waals surface area contributed by atoms with Gasteiger partial charge >= 0.3 is 0 Å². The molecule has 0 aliphatic carbocycles. The van der Waals surface area contributed by atoms with E-state index in [0.717, 1.165) is 16.9 Å². The maximum atomic E-state index is 12.5. The second kappa shape index (κ2) is 4.63. The maximum absolute atomic E-state index is 12.5. The number of rotatable bonds is 2. The average molecular weight is 268 g/mol. The molecule has 2 heterocycles. The zero-order chi connectivity index (χ0) is 14.3. The maximum Gasteiger partial charge on any atom is 0.265 e. The largest absolute Gasteiger partial charge is 0.443 e. The lowest BCUT2D eigenvalue weighted by Crippen LogP contribution is -2.21. The van der Waals surface area contributed by atoms with Gasteiger partial charge in [0.2, 0.25) is 5.71 Å². The Morgan fingerprint density at radius 3 is 2.55 bits per heavy atom. The van der Waals surface area contributed by atoms with E-state index in [1.807, 2.05) is 45.0 Å². The van der Waals surface area contributed by atoms with Gasteiger partial charge in [-0.25, -0.2) is 4.98 Å². The van der Waals surface area contributed by atoms with E-state index in [2.05, 4.69) is 4.98 Å². The van der Waals surface area contributed by atoms with E-state index in [1.54, 1.807) is 10.9 Å². The molecule has 0 unspecified atom stereocenters. The van der Waals surface area contributed by atoms with Crippen molar-refractivity contribution in [3.8, 4) is 0 Å². The van der Waals surface area contributed by atoms with Crippen molar-refractivity contribution in [1.29, 1.82) is 0 Å². The van der Waals surface area contributed by atoms with Crippen LogP contribution >= 0.6 is 0 Å². The minimum Gasteiger partial charge on any atom is -0.443 e. The summed E-state index contributed by atoms with van der Waals surface area (Å²) in [6.07, 6.45) is 1.55. The molecule has 20 heavy (non-hydrogen) atoms. The average Bonchev–Trinajstić information content (AvgIpc) is 2.72. The molecule has 0 aliphatic rings. The summed E-state index contributed by atoms with van der Waals surface area (Å²) < 4.78 is 7.10. The van der Waals surface area contributed by atoms with Crippen molar-refractivity contribution >= 4 is 11.1 Å². The van der Waals surface area contributed by atoms with Gasteiger partial charge in [-0.1, -0.05) is 29.8 Å². The number of hydrogen-bond donors (Lipinski definition) is 0. The molecule has 0 radical (unpaired) electrons. The summed E-state index contributed by atoms with van der Waals surface area (Å²) in [6.45, 7) is 6.30. The lowest BCUT2D eigenvalue weighted by molar-refractivity contribution is 0.561. The number of aromatic nitrogens is 2. The van der Waals surface area contributed by atoms with Crippen molar-refractivity contribution in [2.24, 2.45) is 0 Å². The van der Waals surface area contributed by atoms with Crippen LogP contribution < -0.4 is 5.56 Å². The summed E-state index contributed by atoms with van der Waals surface area (Å²) in [7, 11) is 0. The predicted octanol–water partition coefficient (Wildman–Crippen LogP) is 2.96. The molecule has 2 aromatic heterocycles. The standard InChI is InChI=1S/C16H16N2O2/c1-10-4-6-13(7-5-10)8-18-9-17-15-14(16(18)19)11(2)12(3)20-15/h4-7,9H,8H2,1-3H3. The van der Waals surface area contributed by atoms with Crippen LogP contribution in [0, 0.1) is 20.8 Å². The zero-order valence-corrected chi connectivity index (χ0v) is 11.8. The summed E-state index contributed by atoms with van der Waals surface area (Å²) >= 11 is 0. The van der Waals surface area contributed by atoms with E-state index in [4.69, 9.17) is 4.42 Å². The van der Waals surface area contributed by atoms with Crippen LogP contribution in [0.1, 0.15) is 22.5 Å². The first-order valence-corrected chi connectivity index (χ1v) is 6.57. The molecule has 0 aliphatic heterocycles. The van der Waals surface area contributed by atoms with Crippen LogP contribution in [-0.2, 0) is 6.54 Å². The van der Waals surface area contributed by atoms with E-state index in [0.29, 0.717) is 17.6 Å². The van der Waals surface area contributed by atoms with Gasteiger partial charge in [0.1, 0.15) is 17.5 Å². The molecule has 3 aromatic rings. The van der Waals surface area contributed by atoms with E-state index in [9.17, 15) is 4.79 Å². The van der Waals surface area contributed by atoms with Crippen LogP contribution in [0.25, 0.3) is 11.1 Å². The van der Waals surface area contributed by atoms with Crippen molar-refractivity contribution in [2.75, 3.05) is 0 Å². The molecule has 0 N–H and O–H groups in total. The van der Waals surface area contributed by atoms with Crippen molar-refractivity contribution in [3.63, 3.8) is 0 Å². The van der Waals surface area contributed by atoms with Gasteiger partial charge in [0, 0.05) is 5.56 Å². The van der Waals surface area contributed by atoms with Crippen LogP contribution in [0.4, 0.5) is 0 Å². The van der Waals surface area contributed by atoms with Crippen molar-refractivity contribution in [1.82, 2.24) is 9.55 Å². The van der Waals surface area contributed by atoms with Crippen LogP contribution in [0.2, 0.25) is 0 Å². The number of benzene rings is 1. The van der Waals surface area contributed by atoms with Gasteiger partial charge in [0.25, 0.3) is 5.56 Å². The molecular weight excluding hydrogens is 252 g/mol. The highest BCUT2D eigenvalue weighted by molar-refractivity contribution is 5.77. The minimum atomic E-state index is -0.0510. The first-order chi connectivity index (χ1) is 9.56. The monoisotopic (exact) mass is 268 g/mol. The quantitative estimate of drug-likeness (QED) is 0.718. The van der Waals surface area contributed by atoms with Crippen molar-refractivity contribution < 1.29 is 4.42 Å². The van der Waals surface area contributed by atoms with E-state index < -0.39 is 0 Å². The summed E-state index contributed by atoms with van der Waals surface area (Å²) in [5.41, 5.74) is 3.53. The van der Waals surface area contributed by atoms with Gasteiger partial charge < -0.3 is 4.42 Å². The lowest BCUT2D eigenvalue weighted by atomic mass is 10.1. The Morgan fingerprint density at radius 2 is 1.85 bits per heavy atom. The second-order valence-corrected chi connectivity index (χ2v) is 5.13. The normalized spacial score (nSPS) is 11.2. The first kappa shape index (κ1) is 12.7. The predicted molar refractivity (Wildman–Crippen MR) is 78.0 cm³/mol. The Kier molecular flexibility index (Phi) is 2.93. The molecule has 0 saturated carbocycles. The van der Waals surface area contributed by atoms with Crippen molar-refractivity contribution in [3.05, 3.63) is 63.4 Å². The summed E-state index contributed by atoms with van der Waals surface area (Å²) in [6, 6.07) is 8.14. The highest BCUT2D eigenvalue weighted by Gasteiger charge is 2.13. The molecule has 102 valence electrons. The molecule has 4 heteroatoms. The molecule has 0 fully saturated rings. The molecule has 1 aromatic carbocycles. The second-order valence-electron chi connectivity index (χ2n) is 5.13. The van der Waals surface area contributed by atoms with Gasteiger partial charge in [-0.05, 0) is 26.3 Å². The fraction of sp³-hybridized carbons (Fsp3) is 0.250. The van der Waals surface area contributed by atoms with Crippen LogP contribution in [0.5, 0.6) is 0 Å². The fourth-order valence-electron chi connectivity index (χ4n) is 2.27. The number of aryl methyl sites for hydroxylation is 3. The van der Waals surface area contributed by atoms with Crippen LogP contribution in [-0.4, -0.2) is 9.55 Å². The number of furan rings is 1. The van der Waals surface area contributed by atoms with Gasteiger partial charge in [0.15, 0.2) is 0 Å². The topological polar surface area (TPSA) is 48.0 Å². The molecule has 0 saturated heterocycles. The third-order valence-electron chi connectivity index (χ3n) is 3.63. The number of fused-ring (bicyclic) bond motifs is 1. The zero-order valence-electron chi connectivity index (χ0n) is 11.8. The Hall–Kier alpha value is -2.36. The molecular formula is C16H16N2O2. The highest BCUT2D eigenvalue weighted by Crippen LogP contribution is 2.19. The van der Waals surface area contributed by atoms with Gasteiger partial charge in [0.05, 0.1) is 6.54 Å². The fourth-order valence-corrected chi connectivity index (χ4v) is 2.27. The molecule has 3 rings (SSSR count). The minimum absolute atomic E-state index is 0.0510. The van der Waals surface area contributed by atoms with E-state index in [-0.39, 0.29) is 5.56 Å². The lowest BCUT2D eigenvalue weighted by Gasteiger charge is -2.05. The van der Waals surface area contributed by atoms with Gasteiger partial charge in [-0.2, -0.15) is 0 Å². The molecule has 0 atom stereocenters. The Bertz CT molecular complexity index is 826. The number of nitrogens with zero attached hydrogens (tertiary/aromatic N) is 2. The Balaban J connectivity index is 2.08. The summed E-state index contributed by atoms with van der Waals surface area (Å²) in [4.78, 5) is 16.7. The molecule has 0 spiro atoms. The van der Waals surface area contributed by atoms with E-state index in [1.165, 1.54) is 5.56 Å². The van der Waals surface area contributed by atoms with Crippen LogP contribution in [0.3, 0.4) is 0 Å². The first-order valence-electron chi connectivity index (χ1n) is 6.57. The highest BCUT2D eigenvalue weighted by atomic mass is 16.3. The van der Waals surface area contributed by atoms with Crippen molar-refractivity contribution in [2.45, 2.75) is 27.3 Å².